The molecule has 23 heavy (non-hydrogen) atoms. The highest BCUT2D eigenvalue weighted by Gasteiger charge is 2.01. The molecule has 0 aliphatic rings. The minimum Gasteiger partial charge on any atom is -0.481 e. The van der Waals surface area contributed by atoms with Crippen LogP contribution in [0.4, 0.5) is 0 Å². The van der Waals surface area contributed by atoms with E-state index >= 15 is 0 Å². The van der Waals surface area contributed by atoms with Gasteiger partial charge in [0.25, 0.3) is 0 Å². The van der Waals surface area contributed by atoms with E-state index in [0.717, 1.165) is 38.5 Å². The molecule has 0 aromatic carbocycles. The highest BCUT2D eigenvalue weighted by atomic mass is 16.6. The molecule has 0 unspecified atom stereocenters. The van der Waals surface area contributed by atoms with Gasteiger partial charge in [0, 0.05) is 12.8 Å². The number of rotatable bonds is 16. The lowest BCUT2D eigenvalue weighted by Crippen LogP contribution is -2.23. The molecule has 0 fully saturated rings. The number of carboxylic acid groups (broad SMARTS) is 1. The third kappa shape index (κ3) is 18.6. The zero-order valence-corrected chi connectivity index (χ0v) is 14.5. The Morgan fingerprint density at radius 1 is 0.913 bits per heavy atom. The number of carbonyl (C=O) groups is 2. The van der Waals surface area contributed by atoms with Crippen LogP contribution in [0.25, 0.3) is 0 Å². The summed E-state index contributed by atoms with van der Waals surface area (Å²) in [5.74, 6) is -0.856. The van der Waals surface area contributed by atoms with E-state index in [4.69, 9.17) is 9.94 Å². The Balaban J connectivity index is 3.25. The first kappa shape index (κ1) is 21.6. The Bertz CT molecular complexity index is 329. The zero-order chi connectivity index (χ0) is 17.2. The maximum atomic E-state index is 11.5. The van der Waals surface area contributed by atoms with E-state index in [2.05, 4.69) is 24.6 Å². The highest BCUT2D eigenvalue weighted by molar-refractivity contribution is 5.74. The van der Waals surface area contributed by atoms with Crippen molar-refractivity contribution in [3.05, 3.63) is 12.2 Å². The summed E-state index contributed by atoms with van der Waals surface area (Å²) in [5.41, 5.74) is 2.45. The van der Waals surface area contributed by atoms with Crippen molar-refractivity contribution in [3.8, 4) is 0 Å². The molecule has 0 aliphatic carbocycles. The first-order chi connectivity index (χ1) is 11.2. The molecule has 0 saturated carbocycles. The second-order valence-electron chi connectivity index (χ2n) is 5.79. The number of unbranched alkanes of at least 4 members (excludes halogenated alkanes) is 7. The van der Waals surface area contributed by atoms with Crippen LogP contribution in [0.2, 0.25) is 0 Å². The molecule has 0 aromatic heterocycles. The lowest BCUT2D eigenvalue weighted by molar-refractivity contribution is -0.137. The van der Waals surface area contributed by atoms with Crippen molar-refractivity contribution in [2.75, 3.05) is 6.61 Å². The second kappa shape index (κ2) is 17.0. The minimum absolute atomic E-state index is 0.0988. The number of hydroxylamine groups is 1. The van der Waals surface area contributed by atoms with Crippen molar-refractivity contribution in [3.63, 3.8) is 0 Å². The van der Waals surface area contributed by atoms with Crippen LogP contribution >= 0.6 is 0 Å². The minimum atomic E-state index is -0.757. The Kier molecular flexibility index (Phi) is 16.0. The summed E-state index contributed by atoms with van der Waals surface area (Å²) in [7, 11) is 0. The Labute approximate surface area is 140 Å². The molecule has 0 aliphatic heterocycles. The molecule has 5 nitrogen and oxygen atoms in total. The molecular formula is C18H33NO4. The average Bonchev–Trinajstić information content (AvgIpc) is 2.52. The molecule has 0 aromatic rings. The van der Waals surface area contributed by atoms with Gasteiger partial charge in [0.1, 0.15) is 0 Å². The summed E-state index contributed by atoms with van der Waals surface area (Å²) in [6, 6.07) is 0. The van der Waals surface area contributed by atoms with Gasteiger partial charge in [-0.1, -0.05) is 44.8 Å². The first-order valence-electron chi connectivity index (χ1n) is 8.94. The SMILES string of the molecule is CCCCC/C=C\CCCONC(=O)CCCCCCC(=O)O. The molecule has 0 rings (SSSR count). The van der Waals surface area contributed by atoms with E-state index in [9.17, 15) is 9.59 Å². The number of allylic oxidation sites excluding steroid dienone is 2. The maximum absolute atomic E-state index is 11.5. The number of amides is 1. The summed E-state index contributed by atoms with van der Waals surface area (Å²) in [4.78, 5) is 26.9. The lowest BCUT2D eigenvalue weighted by Gasteiger charge is -2.05. The topological polar surface area (TPSA) is 75.6 Å². The van der Waals surface area contributed by atoms with Crippen LogP contribution in [0.5, 0.6) is 0 Å². The zero-order valence-electron chi connectivity index (χ0n) is 14.5. The van der Waals surface area contributed by atoms with Crippen LogP contribution in [0.1, 0.15) is 84.0 Å². The monoisotopic (exact) mass is 327 g/mol. The van der Waals surface area contributed by atoms with Crippen molar-refractivity contribution in [2.45, 2.75) is 84.0 Å². The van der Waals surface area contributed by atoms with Gasteiger partial charge in [-0.3, -0.25) is 14.4 Å². The summed E-state index contributed by atoms with van der Waals surface area (Å²) in [6.45, 7) is 2.73. The summed E-state index contributed by atoms with van der Waals surface area (Å²) in [5, 5.41) is 8.50. The van der Waals surface area contributed by atoms with Crippen molar-refractivity contribution in [2.24, 2.45) is 0 Å². The highest BCUT2D eigenvalue weighted by Crippen LogP contribution is 2.05. The van der Waals surface area contributed by atoms with Gasteiger partial charge in [-0.2, -0.15) is 0 Å². The number of nitrogens with one attached hydrogen (secondary N) is 1. The van der Waals surface area contributed by atoms with E-state index in [1.54, 1.807) is 0 Å². The van der Waals surface area contributed by atoms with Crippen molar-refractivity contribution in [1.82, 2.24) is 5.48 Å². The van der Waals surface area contributed by atoms with Gasteiger partial charge in [0.15, 0.2) is 0 Å². The Morgan fingerprint density at radius 2 is 1.57 bits per heavy atom. The van der Waals surface area contributed by atoms with Crippen molar-refractivity contribution in [1.29, 1.82) is 0 Å². The molecule has 0 atom stereocenters. The van der Waals surface area contributed by atoms with Crippen LogP contribution in [-0.4, -0.2) is 23.6 Å². The van der Waals surface area contributed by atoms with Gasteiger partial charge in [-0.05, 0) is 38.5 Å². The van der Waals surface area contributed by atoms with Crippen LogP contribution in [0.3, 0.4) is 0 Å². The van der Waals surface area contributed by atoms with E-state index in [0.29, 0.717) is 19.4 Å². The molecule has 134 valence electrons. The largest absolute Gasteiger partial charge is 0.481 e. The normalized spacial score (nSPS) is 11.0. The third-order valence-electron chi connectivity index (χ3n) is 3.49. The Hall–Kier alpha value is -1.36. The number of carbonyl (C=O) groups excluding carboxylic acids is 1. The quantitative estimate of drug-likeness (QED) is 0.251. The van der Waals surface area contributed by atoms with Gasteiger partial charge in [-0.15, -0.1) is 0 Å². The van der Waals surface area contributed by atoms with Gasteiger partial charge in [0.2, 0.25) is 5.91 Å². The van der Waals surface area contributed by atoms with E-state index in [1.165, 1.54) is 19.3 Å². The van der Waals surface area contributed by atoms with E-state index in [-0.39, 0.29) is 12.3 Å². The van der Waals surface area contributed by atoms with Gasteiger partial charge < -0.3 is 5.11 Å². The van der Waals surface area contributed by atoms with Crippen molar-refractivity contribution >= 4 is 11.9 Å². The standard InChI is InChI=1S/C18H33NO4/c1-2-3-4-5-6-7-10-13-16-23-19-17(20)14-11-8-9-12-15-18(21)22/h6-7H,2-5,8-16H2,1H3,(H,19,20)(H,21,22)/b7-6-. The van der Waals surface area contributed by atoms with E-state index < -0.39 is 5.97 Å². The molecule has 1 amide bonds. The predicted octanol–water partition coefficient (Wildman–Crippen LogP) is 4.38. The average molecular weight is 327 g/mol. The fraction of sp³-hybridized carbons (Fsp3) is 0.778. The third-order valence-corrected chi connectivity index (χ3v) is 3.49. The molecule has 0 bridgehead atoms. The lowest BCUT2D eigenvalue weighted by atomic mass is 10.1. The summed E-state index contributed by atoms with van der Waals surface area (Å²) < 4.78 is 0. The molecule has 0 heterocycles. The number of aliphatic carboxylic acids is 1. The van der Waals surface area contributed by atoms with Gasteiger partial charge in [0.05, 0.1) is 6.61 Å². The van der Waals surface area contributed by atoms with Crippen LogP contribution in [0, 0.1) is 0 Å². The summed E-state index contributed by atoms with van der Waals surface area (Å²) >= 11 is 0. The molecule has 2 N–H and O–H groups in total. The van der Waals surface area contributed by atoms with Crippen LogP contribution in [-0.2, 0) is 14.4 Å². The fourth-order valence-corrected chi connectivity index (χ4v) is 2.12. The van der Waals surface area contributed by atoms with Crippen LogP contribution < -0.4 is 5.48 Å². The molecule has 0 saturated heterocycles. The summed E-state index contributed by atoms with van der Waals surface area (Å²) in [6.07, 6.45) is 15.1. The molecule has 5 heteroatoms. The second-order valence-corrected chi connectivity index (χ2v) is 5.79. The predicted molar refractivity (Wildman–Crippen MR) is 91.9 cm³/mol. The van der Waals surface area contributed by atoms with Crippen LogP contribution in [0.15, 0.2) is 12.2 Å². The van der Waals surface area contributed by atoms with Gasteiger partial charge >= 0.3 is 5.97 Å². The number of hydrogen-bond donors (Lipinski definition) is 2. The fourth-order valence-electron chi connectivity index (χ4n) is 2.12. The Morgan fingerprint density at radius 3 is 2.22 bits per heavy atom. The molecule has 0 radical (unpaired) electrons. The first-order valence-corrected chi connectivity index (χ1v) is 8.94. The maximum Gasteiger partial charge on any atom is 0.303 e. The number of hydrogen-bond acceptors (Lipinski definition) is 3. The van der Waals surface area contributed by atoms with E-state index in [1.807, 2.05) is 0 Å². The van der Waals surface area contributed by atoms with Crippen molar-refractivity contribution < 1.29 is 19.5 Å². The van der Waals surface area contributed by atoms with Gasteiger partial charge in [-0.25, -0.2) is 5.48 Å². The molecular weight excluding hydrogens is 294 g/mol. The smallest absolute Gasteiger partial charge is 0.303 e. The molecule has 0 spiro atoms. The number of carboxylic acids is 1.